The standard InChI is InChI=1S/C5H6N4O2S/c6-7-1-2-3(10)8-5(12)9-4(2)11/h1H,6H2,(H3,8,9,10,11,12)/b7-1-. The second-order valence-electron chi connectivity index (χ2n) is 1.95. The van der Waals surface area contributed by atoms with Crippen LogP contribution in [-0.4, -0.2) is 21.3 Å². The molecular weight excluding hydrogens is 180 g/mol. The highest BCUT2D eigenvalue weighted by Gasteiger charge is 2.02. The Labute approximate surface area is 71.8 Å². The summed E-state index contributed by atoms with van der Waals surface area (Å²) in [6.07, 6.45) is 1.03. The lowest BCUT2D eigenvalue weighted by Gasteiger charge is -1.95. The predicted octanol–water partition coefficient (Wildman–Crippen LogP) is -0.569. The summed E-state index contributed by atoms with van der Waals surface area (Å²) in [5.74, 6) is 4.45. The van der Waals surface area contributed by atoms with Crippen molar-refractivity contribution in [3.8, 4) is 5.88 Å². The van der Waals surface area contributed by atoms with Crippen LogP contribution in [0.2, 0.25) is 0 Å². The molecule has 0 spiro atoms. The number of hydrogen-bond donors (Lipinski definition) is 4. The maximum atomic E-state index is 11.0. The molecule has 0 amide bonds. The minimum absolute atomic E-state index is 0.0478. The van der Waals surface area contributed by atoms with Crippen LogP contribution in [0.4, 0.5) is 0 Å². The lowest BCUT2D eigenvalue weighted by Crippen LogP contribution is -2.13. The van der Waals surface area contributed by atoms with Crippen LogP contribution in [-0.2, 0) is 0 Å². The molecule has 0 aliphatic carbocycles. The first-order valence-corrected chi connectivity index (χ1v) is 3.35. The first-order valence-electron chi connectivity index (χ1n) is 2.94. The van der Waals surface area contributed by atoms with Gasteiger partial charge in [0.15, 0.2) is 4.77 Å². The molecule has 1 aromatic rings. The summed E-state index contributed by atoms with van der Waals surface area (Å²) in [6.45, 7) is 0. The zero-order valence-electron chi connectivity index (χ0n) is 5.87. The summed E-state index contributed by atoms with van der Waals surface area (Å²) in [7, 11) is 0. The maximum Gasteiger partial charge on any atom is 0.264 e. The van der Waals surface area contributed by atoms with Crippen molar-refractivity contribution in [2.45, 2.75) is 0 Å². The molecule has 0 aliphatic rings. The number of hydrazone groups is 1. The van der Waals surface area contributed by atoms with Gasteiger partial charge >= 0.3 is 0 Å². The fraction of sp³-hybridized carbons (Fsp3) is 0. The lowest BCUT2D eigenvalue weighted by molar-refractivity contribution is 0.449. The Bertz CT molecular complexity index is 418. The van der Waals surface area contributed by atoms with Gasteiger partial charge in [-0.05, 0) is 12.2 Å². The molecule has 5 N–H and O–H groups in total. The molecule has 0 saturated carbocycles. The van der Waals surface area contributed by atoms with Gasteiger partial charge in [-0.2, -0.15) is 5.10 Å². The van der Waals surface area contributed by atoms with E-state index in [1.165, 1.54) is 0 Å². The Morgan fingerprint density at radius 2 is 2.25 bits per heavy atom. The van der Waals surface area contributed by atoms with Crippen molar-refractivity contribution in [2.75, 3.05) is 0 Å². The first-order chi connectivity index (χ1) is 5.65. The van der Waals surface area contributed by atoms with Gasteiger partial charge in [0.1, 0.15) is 5.56 Å². The molecule has 1 heterocycles. The van der Waals surface area contributed by atoms with E-state index < -0.39 is 5.56 Å². The summed E-state index contributed by atoms with van der Waals surface area (Å²) in [6, 6.07) is 0. The van der Waals surface area contributed by atoms with Crippen LogP contribution in [0.15, 0.2) is 9.90 Å². The Morgan fingerprint density at radius 3 is 2.75 bits per heavy atom. The molecule has 0 aliphatic heterocycles. The van der Waals surface area contributed by atoms with Gasteiger partial charge in [-0.3, -0.25) is 9.78 Å². The van der Waals surface area contributed by atoms with Crippen molar-refractivity contribution in [3.63, 3.8) is 0 Å². The number of nitrogens with two attached hydrogens (primary N) is 1. The van der Waals surface area contributed by atoms with Crippen molar-refractivity contribution in [2.24, 2.45) is 10.9 Å². The summed E-state index contributed by atoms with van der Waals surface area (Å²) >= 11 is 4.58. The molecule has 0 atom stereocenters. The number of nitrogens with one attached hydrogen (secondary N) is 2. The third-order valence-corrected chi connectivity index (χ3v) is 1.37. The van der Waals surface area contributed by atoms with Crippen LogP contribution >= 0.6 is 12.2 Å². The quantitative estimate of drug-likeness (QED) is 0.204. The van der Waals surface area contributed by atoms with E-state index in [0.717, 1.165) is 6.21 Å². The smallest absolute Gasteiger partial charge is 0.264 e. The van der Waals surface area contributed by atoms with Crippen LogP contribution < -0.4 is 11.4 Å². The van der Waals surface area contributed by atoms with Crippen molar-refractivity contribution in [1.82, 2.24) is 9.97 Å². The number of aromatic nitrogens is 2. The number of H-pyrrole nitrogens is 2. The van der Waals surface area contributed by atoms with E-state index in [-0.39, 0.29) is 16.2 Å². The van der Waals surface area contributed by atoms with Crippen molar-refractivity contribution >= 4 is 18.4 Å². The highest BCUT2D eigenvalue weighted by Crippen LogP contribution is 2.02. The van der Waals surface area contributed by atoms with Crippen LogP contribution in [0.25, 0.3) is 0 Å². The SMILES string of the molecule is N/N=C\c1c(O)[nH]c(=S)[nH]c1=O. The van der Waals surface area contributed by atoms with E-state index in [9.17, 15) is 4.79 Å². The zero-order chi connectivity index (χ0) is 9.14. The highest BCUT2D eigenvalue weighted by molar-refractivity contribution is 7.71. The number of hydrogen-bond acceptors (Lipinski definition) is 5. The van der Waals surface area contributed by atoms with Crippen LogP contribution in [0.1, 0.15) is 5.56 Å². The van der Waals surface area contributed by atoms with E-state index in [0.29, 0.717) is 0 Å². The molecule has 0 radical (unpaired) electrons. The average Bonchev–Trinajstić information content (AvgIpc) is 1.96. The number of aromatic amines is 2. The molecule has 64 valence electrons. The molecule has 0 bridgehead atoms. The van der Waals surface area contributed by atoms with Gasteiger partial charge in [-0.1, -0.05) is 0 Å². The minimum Gasteiger partial charge on any atom is -0.494 e. The highest BCUT2D eigenvalue weighted by atomic mass is 32.1. The van der Waals surface area contributed by atoms with Gasteiger partial charge in [0, 0.05) is 0 Å². The van der Waals surface area contributed by atoms with Crippen LogP contribution in [0.3, 0.4) is 0 Å². The fourth-order valence-corrected chi connectivity index (χ4v) is 0.868. The third kappa shape index (κ3) is 1.51. The topological polar surface area (TPSA) is 107 Å². The summed E-state index contributed by atoms with van der Waals surface area (Å²) in [5, 5.41) is 12.2. The van der Waals surface area contributed by atoms with Crippen LogP contribution in [0.5, 0.6) is 5.88 Å². The van der Waals surface area contributed by atoms with E-state index in [4.69, 9.17) is 10.9 Å². The number of aromatic hydroxyl groups is 1. The third-order valence-electron chi connectivity index (χ3n) is 1.16. The van der Waals surface area contributed by atoms with Gasteiger partial charge < -0.3 is 15.9 Å². The minimum atomic E-state index is -0.537. The number of nitrogens with zero attached hydrogens (tertiary/aromatic N) is 1. The monoisotopic (exact) mass is 186 g/mol. The van der Waals surface area contributed by atoms with Gasteiger partial charge in [0.2, 0.25) is 5.88 Å². The molecule has 0 unspecified atom stereocenters. The molecule has 0 fully saturated rings. The van der Waals surface area contributed by atoms with Crippen molar-refractivity contribution < 1.29 is 5.11 Å². The van der Waals surface area contributed by atoms with Gasteiger partial charge in [0.25, 0.3) is 5.56 Å². The molecule has 1 aromatic heterocycles. The summed E-state index contributed by atoms with van der Waals surface area (Å²) < 4.78 is 0.0478. The average molecular weight is 186 g/mol. The van der Waals surface area contributed by atoms with Crippen molar-refractivity contribution in [3.05, 3.63) is 20.7 Å². The van der Waals surface area contributed by atoms with Gasteiger partial charge in [-0.15, -0.1) is 0 Å². The van der Waals surface area contributed by atoms with E-state index in [1.54, 1.807) is 0 Å². The molecule has 1 rings (SSSR count). The van der Waals surface area contributed by atoms with Crippen molar-refractivity contribution in [1.29, 1.82) is 0 Å². The second kappa shape index (κ2) is 3.18. The summed E-state index contributed by atoms with van der Waals surface area (Å²) in [5.41, 5.74) is -0.587. The summed E-state index contributed by atoms with van der Waals surface area (Å²) in [4.78, 5) is 15.6. The van der Waals surface area contributed by atoms with Crippen LogP contribution in [0, 0.1) is 4.77 Å². The van der Waals surface area contributed by atoms with E-state index >= 15 is 0 Å². The Kier molecular flexibility index (Phi) is 2.24. The lowest BCUT2D eigenvalue weighted by atomic mass is 10.3. The second-order valence-corrected chi connectivity index (χ2v) is 2.36. The Morgan fingerprint density at radius 1 is 1.58 bits per heavy atom. The fourth-order valence-electron chi connectivity index (χ4n) is 0.678. The molecule has 6 nitrogen and oxygen atoms in total. The Balaban J connectivity index is 3.49. The largest absolute Gasteiger partial charge is 0.494 e. The van der Waals surface area contributed by atoms with Gasteiger partial charge in [-0.25, -0.2) is 0 Å². The molecule has 0 saturated heterocycles. The van der Waals surface area contributed by atoms with Gasteiger partial charge in [0.05, 0.1) is 6.21 Å². The maximum absolute atomic E-state index is 11.0. The zero-order valence-corrected chi connectivity index (χ0v) is 6.68. The molecule has 0 aromatic carbocycles. The Hall–Kier alpha value is -1.63. The molecule has 7 heteroatoms. The first kappa shape index (κ1) is 8.47. The molecular formula is C5H6N4O2S. The molecule has 12 heavy (non-hydrogen) atoms. The number of rotatable bonds is 1. The van der Waals surface area contributed by atoms with E-state index in [1.807, 2.05) is 0 Å². The predicted molar refractivity (Wildman–Crippen MR) is 45.7 cm³/mol. The normalized spacial score (nSPS) is 10.7. The van der Waals surface area contributed by atoms with E-state index in [2.05, 4.69) is 27.3 Å².